The molecule has 0 unspecified atom stereocenters. The predicted molar refractivity (Wildman–Crippen MR) is 132 cm³/mol. The third kappa shape index (κ3) is 4.13. The van der Waals surface area contributed by atoms with Gasteiger partial charge in [0, 0.05) is 28.3 Å². The number of rotatable bonds is 5. The van der Waals surface area contributed by atoms with E-state index in [9.17, 15) is 14.7 Å². The first kappa shape index (κ1) is 22.0. The fourth-order valence-electron chi connectivity index (χ4n) is 3.94. The highest BCUT2D eigenvalue weighted by atomic mass is 16.5. The first-order valence-electron chi connectivity index (χ1n) is 10.8. The fourth-order valence-corrected chi connectivity index (χ4v) is 3.94. The van der Waals surface area contributed by atoms with Gasteiger partial charge in [0.15, 0.2) is 12.2 Å². The topological polar surface area (TPSA) is 107 Å². The van der Waals surface area contributed by atoms with E-state index in [-0.39, 0.29) is 11.8 Å². The number of aromatic nitrogens is 2. The zero-order valence-electron chi connectivity index (χ0n) is 19.0. The Labute approximate surface area is 200 Å². The van der Waals surface area contributed by atoms with Crippen LogP contribution in [0.15, 0.2) is 88.5 Å². The number of methoxy groups -OCH3 is 1. The average Bonchev–Trinajstić information content (AvgIpc) is 3.41. The molecule has 0 atom stereocenters. The van der Waals surface area contributed by atoms with E-state index in [0.717, 1.165) is 11.1 Å². The number of oxazole rings is 1. The van der Waals surface area contributed by atoms with E-state index in [0.29, 0.717) is 39.2 Å². The van der Waals surface area contributed by atoms with Crippen molar-refractivity contribution in [1.82, 2.24) is 9.55 Å². The van der Waals surface area contributed by atoms with Crippen LogP contribution in [0, 0.1) is 6.92 Å². The van der Waals surface area contributed by atoms with Crippen molar-refractivity contribution >= 4 is 22.4 Å². The van der Waals surface area contributed by atoms with Crippen molar-refractivity contribution in [2.75, 3.05) is 12.4 Å². The van der Waals surface area contributed by atoms with Crippen molar-refractivity contribution < 1.29 is 19.1 Å². The Bertz CT molecular complexity index is 1620. The monoisotopic (exact) mass is 467 g/mol. The molecule has 0 saturated heterocycles. The van der Waals surface area contributed by atoms with E-state index in [1.807, 2.05) is 13.0 Å². The Kier molecular flexibility index (Phi) is 5.54. The van der Waals surface area contributed by atoms with Gasteiger partial charge in [-0.25, -0.2) is 9.55 Å². The number of amides is 1. The second-order valence-electron chi connectivity index (χ2n) is 8.00. The summed E-state index contributed by atoms with van der Waals surface area (Å²) in [7, 11) is 1.53. The Balaban J connectivity index is 1.52. The number of fused-ring (bicyclic) bond motifs is 1. The number of aryl methyl sites for hydroxylation is 1. The van der Waals surface area contributed by atoms with Gasteiger partial charge in [-0.15, -0.1) is 0 Å². The van der Waals surface area contributed by atoms with Gasteiger partial charge in [0.2, 0.25) is 5.88 Å². The minimum atomic E-state index is -0.397. The first-order valence-corrected chi connectivity index (χ1v) is 10.8. The lowest BCUT2D eigenvalue weighted by atomic mass is 10.1. The summed E-state index contributed by atoms with van der Waals surface area (Å²) in [4.78, 5) is 29.8. The smallest absolute Gasteiger partial charge is 0.258 e. The highest BCUT2D eigenvalue weighted by Gasteiger charge is 2.15. The molecule has 2 N–H and O–H groups in total. The molecule has 0 spiro atoms. The SMILES string of the molecule is COc1ccc2cc(=O)n(-c3cc(NC(=O)c4cccc(-c5cnco5)c4)ccc3C)c(O)c2c1. The summed E-state index contributed by atoms with van der Waals surface area (Å²) in [6.45, 7) is 1.82. The maximum atomic E-state index is 13.0. The van der Waals surface area contributed by atoms with Crippen LogP contribution in [-0.4, -0.2) is 27.7 Å². The van der Waals surface area contributed by atoms with Crippen LogP contribution in [0.5, 0.6) is 11.6 Å². The van der Waals surface area contributed by atoms with Gasteiger partial charge in [-0.2, -0.15) is 0 Å². The van der Waals surface area contributed by atoms with Crippen molar-refractivity contribution in [3.05, 3.63) is 101 Å². The lowest BCUT2D eigenvalue weighted by Crippen LogP contribution is -2.19. The van der Waals surface area contributed by atoms with E-state index in [1.165, 1.54) is 24.1 Å². The Morgan fingerprint density at radius 2 is 1.94 bits per heavy atom. The maximum Gasteiger partial charge on any atom is 0.258 e. The van der Waals surface area contributed by atoms with Crippen LogP contribution < -0.4 is 15.6 Å². The van der Waals surface area contributed by atoms with Gasteiger partial charge in [0.25, 0.3) is 11.5 Å². The molecule has 8 nitrogen and oxygen atoms in total. The van der Waals surface area contributed by atoms with E-state index < -0.39 is 5.56 Å². The first-order chi connectivity index (χ1) is 16.9. The molecule has 0 bridgehead atoms. The van der Waals surface area contributed by atoms with Crippen LogP contribution >= 0.6 is 0 Å². The van der Waals surface area contributed by atoms with Crippen LogP contribution in [0.3, 0.4) is 0 Å². The molecule has 0 fully saturated rings. The number of pyridine rings is 1. The zero-order valence-corrected chi connectivity index (χ0v) is 19.0. The normalized spacial score (nSPS) is 10.9. The Hall–Kier alpha value is -4.85. The quantitative estimate of drug-likeness (QED) is 0.380. The van der Waals surface area contributed by atoms with Crippen molar-refractivity contribution in [2.24, 2.45) is 0 Å². The minimum Gasteiger partial charge on any atom is -0.497 e. The average molecular weight is 467 g/mol. The number of aromatic hydroxyl groups is 1. The van der Waals surface area contributed by atoms with Crippen molar-refractivity contribution in [3.8, 4) is 28.6 Å². The molecule has 35 heavy (non-hydrogen) atoms. The predicted octanol–water partition coefficient (Wildman–Crippen LogP) is 4.92. The number of hydrogen-bond acceptors (Lipinski definition) is 6. The molecule has 3 aromatic carbocycles. The van der Waals surface area contributed by atoms with Crippen molar-refractivity contribution in [3.63, 3.8) is 0 Å². The lowest BCUT2D eigenvalue weighted by molar-refractivity contribution is 0.102. The van der Waals surface area contributed by atoms with Crippen LogP contribution in [0.4, 0.5) is 5.69 Å². The molecule has 8 heteroatoms. The molecule has 5 rings (SSSR count). The second kappa shape index (κ2) is 8.83. The minimum absolute atomic E-state index is 0.210. The number of ether oxygens (including phenoxy) is 1. The molecular formula is C27H21N3O5. The van der Waals surface area contributed by atoms with E-state index in [2.05, 4.69) is 10.3 Å². The summed E-state index contributed by atoms with van der Waals surface area (Å²) in [6.07, 6.45) is 2.91. The zero-order chi connectivity index (χ0) is 24.5. The van der Waals surface area contributed by atoms with Gasteiger partial charge in [0.05, 0.1) is 19.0 Å². The molecule has 1 amide bonds. The lowest BCUT2D eigenvalue weighted by Gasteiger charge is -2.15. The third-order valence-corrected chi connectivity index (χ3v) is 5.76. The standard InChI is InChI=1S/C27H21N3O5/c1-16-6-8-20(29-26(32)19-5-3-4-18(10-19)24-14-28-15-35-24)12-23(16)30-25(31)11-17-7-9-21(34-2)13-22(17)27(30)33/h3-15,33H,1-2H3,(H,29,32). The molecule has 0 saturated carbocycles. The molecule has 0 aliphatic rings. The van der Waals surface area contributed by atoms with E-state index in [1.54, 1.807) is 60.8 Å². The summed E-state index contributed by atoms with van der Waals surface area (Å²) in [6, 6.07) is 18.7. The van der Waals surface area contributed by atoms with Gasteiger partial charge in [-0.05, 0) is 54.3 Å². The summed E-state index contributed by atoms with van der Waals surface area (Å²) in [5, 5.41) is 14.9. The molecule has 0 aliphatic carbocycles. The van der Waals surface area contributed by atoms with Crippen molar-refractivity contribution in [1.29, 1.82) is 0 Å². The molecule has 5 aromatic rings. The van der Waals surface area contributed by atoms with E-state index in [4.69, 9.17) is 9.15 Å². The largest absolute Gasteiger partial charge is 0.497 e. The van der Waals surface area contributed by atoms with Gasteiger partial charge in [-0.3, -0.25) is 9.59 Å². The van der Waals surface area contributed by atoms with Gasteiger partial charge < -0.3 is 19.6 Å². The molecule has 2 aromatic heterocycles. The summed E-state index contributed by atoms with van der Waals surface area (Å²) in [5.74, 6) is 0.571. The van der Waals surface area contributed by atoms with Crippen LogP contribution in [0.25, 0.3) is 27.8 Å². The van der Waals surface area contributed by atoms with Gasteiger partial charge >= 0.3 is 0 Å². The fraction of sp³-hybridized carbons (Fsp3) is 0.0741. The number of nitrogens with zero attached hydrogens (tertiary/aromatic N) is 2. The van der Waals surface area contributed by atoms with Gasteiger partial charge in [-0.1, -0.05) is 24.3 Å². The second-order valence-corrected chi connectivity index (χ2v) is 8.00. The summed E-state index contributed by atoms with van der Waals surface area (Å²) < 4.78 is 11.8. The Morgan fingerprint density at radius 3 is 2.71 bits per heavy atom. The number of anilines is 1. The summed E-state index contributed by atoms with van der Waals surface area (Å²) >= 11 is 0. The molecule has 174 valence electrons. The number of carbonyl (C=O) groups excluding carboxylic acids is 1. The Morgan fingerprint density at radius 1 is 1.09 bits per heavy atom. The van der Waals surface area contributed by atoms with Crippen LogP contribution in [0.1, 0.15) is 15.9 Å². The highest BCUT2D eigenvalue weighted by molar-refractivity contribution is 6.05. The number of benzene rings is 3. The van der Waals surface area contributed by atoms with Crippen molar-refractivity contribution in [2.45, 2.75) is 6.92 Å². The number of nitrogens with one attached hydrogen (secondary N) is 1. The molecule has 2 heterocycles. The highest BCUT2D eigenvalue weighted by Crippen LogP contribution is 2.30. The van der Waals surface area contributed by atoms with E-state index >= 15 is 0 Å². The van der Waals surface area contributed by atoms with Crippen LogP contribution in [0.2, 0.25) is 0 Å². The molecule has 0 radical (unpaired) electrons. The summed E-state index contributed by atoms with van der Waals surface area (Å²) in [5.41, 5.74) is 2.42. The van der Waals surface area contributed by atoms with Crippen LogP contribution in [-0.2, 0) is 0 Å². The number of carbonyl (C=O) groups is 1. The molecule has 0 aliphatic heterocycles. The van der Waals surface area contributed by atoms with Gasteiger partial charge in [0.1, 0.15) is 5.75 Å². The maximum absolute atomic E-state index is 13.0. The third-order valence-electron chi connectivity index (χ3n) is 5.76. The molecular weight excluding hydrogens is 446 g/mol. The number of hydrogen-bond donors (Lipinski definition) is 2.